The van der Waals surface area contributed by atoms with E-state index >= 15 is 0 Å². The second-order valence-corrected chi connectivity index (χ2v) is 5.38. The fourth-order valence-electron chi connectivity index (χ4n) is 1.78. The van der Waals surface area contributed by atoms with Crippen molar-refractivity contribution in [2.75, 3.05) is 0 Å². The first-order valence-corrected chi connectivity index (χ1v) is 6.59. The van der Waals surface area contributed by atoms with Crippen LogP contribution in [0.1, 0.15) is 30.2 Å². The van der Waals surface area contributed by atoms with E-state index in [2.05, 4.69) is 32.6 Å². The van der Waals surface area contributed by atoms with Gasteiger partial charge in [0.2, 0.25) is 0 Å². The van der Waals surface area contributed by atoms with Gasteiger partial charge in [0.15, 0.2) is 11.6 Å². The SMILES string of the molecule is Cc1ccc(-c2nc(C3CC3)c(I)c(=O)[nH]2)o1. The standard InChI is InChI=1S/C12H11IN2O2/c1-6-2-5-8(17-6)11-14-10(7-3-4-7)9(13)12(16)15-11/h2,5,7H,3-4H2,1H3,(H,14,15,16). The molecule has 88 valence electrons. The number of hydrogen-bond donors (Lipinski definition) is 1. The van der Waals surface area contributed by atoms with Crippen molar-refractivity contribution in [3.63, 3.8) is 0 Å². The van der Waals surface area contributed by atoms with Crippen LogP contribution in [0.4, 0.5) is 0 Å². The van der Waals surface area contributed by atoms with E-state index in [-0.39, 0.29) is 5.56 Å². The number of nitrogens with one attached hydrogen (secondary N) is 1. The van der Waals surface area contributed by atoms with Crippen molar-refractivity contribution in [2.45, 2.75) is 25.7 Å². The summed E-state index contributed by atoms with van der Waals surface area (Å²) in [5, 5.41) is 0. The van der Waals surface area contributed by atoms with Crippen LogP contribution in [0, 0.1) is 10.5 Å². The van der Waals surface area contributed by atoms with Crippen molar-refractivity contribution < 1.29 is 4.42 Å². The number of aryl methyl sites for hydroxylation is 1. The van der Waals surface area contributed by atoms with Gasteiger partial charge >= 0.3 is 0 Å². The summed E-state index contributed by atoms with van der Waals surface area (Å²) in [4.78, 5) is 19.1. The minimum atomic E-state index is -0.0773. The summed E-state index contributed by atoms with van der Waals surface area (Å²) in [6.07, 6.45) is 2.26. The van der Waals surface area contributed by atoms with Crippen molar-refractivity contribution in [1.29, 1.82) is 0 Å². The quantitative estimate of drug-likeness (QED) is 0.854. The zero-order valence-electron chi connectivity index (χ0n) is 9.29. The van der Waals surface area contributed by atoms with Crippen LogP contribution in [0.2, 0.25) is 0 Å². The monoisotopic (exact) mass is 342 g/mol. The first kappa shape index (κ1) is 11.0. The van der Waals surface area contributed by atoms with Crippen molar-refractivity contribution in [1.82, 2.24) is 9.97 Å². The highest BCUT2D eigenvalue weighted by Crippen LogP contribution is 2.40. The van der Waals surface area contributed by atoms with Gasteiger partial charge in [0.25, 0.3) is 5.56 Å². The molecule has 2 aromatic heterocycles. The van der Waals surface area contributed by atoms with Crippen LogP contribution in [0.5, 0.6) is 0 Å². The van der Waals surface area contributed by atoms with Crippen LogP contribution >= 0.6 is 22.6 Å². The summed E-state index contributed by atoms with van der Waals surface area (Å²) in [5.74, 6) is 2.43. The third kappa shape index (κ3) is 2.03. The molecule has 0 spiro atoms. The van der Waals surface area contributed by atoms with E-state index in [9.17, 15) is 4.79 Å². The number of nitrogens with zero attached hydrogens (tertiary/aromatic N) is 1. The van der Waals surface area contributed by atoms with Crippen molar-refractivity contribution in [3.8, 4) is 11.6 Å². The molecule has 1 aliphatic rings. The Morgan fingerprint density at radius 1 is 1.47 bits per heavy atom. The second-order valence-electron chi connectivity index (χ2n) is 4.30. The summed E-state index contributed by atoms with van der Waals surface area (Å²) in [6, 6.07) is 3.70. The van der Waals surface area contributed by atoms with E-state index in [4.69, 9.17) is 4.42 Å². The molecule has 0 aliphatic heterocycles. The predicted molar refractivity (Wildman–Crippen MR) is 72.0 cm³/mol. The van der Waals surface area contributed by atoms with Crippen molar-refractivity contribution in [2.24, 2.45) is 0 Å². The molecule has 2 aromatic rings. The average Bonchev–Trinajstić information content (AvgIpc) is 3.05. The van der Waals surface area contributed by atoms with E-state index < -0.39 is 0 Å². The van der Waals surface area contributed by atoms with E-state index in [1.165, 1.54) is 0 Å². The highest BCUT2D eigenvalue weighted by molar-refractivity contribution is 14.1. The van der Waals surface area contributed by atoms with Gasteiger partial charge in [-0.05, 0) is 54.5 Å². The molecule has 5 heteroatoms. The van der Waals surface area contributed by atoms with Crippen LogP contribution in [0.25, 0.3) is 11.6 Å². The summed E-state index contributed by atoms with van der Waals surface area (Å²) in [5.41, 5.74) is 0.838. The third-order valence-electron chi connectivity index (χ3n) is 2.83. The molecule has 0 bridgehead atoms. The summed E-state index contributed by atoms with van der Waals surface area (Å²) in [6.45, 7) is 1.87. The van der Waals surface area contributed by atoms with Gasteiger partial charge in [-0.2, -0.15) is 0 Å². The lowest BCUT2D eigenvalue weighted by Crippen LogP contribution is -2.15. The average molecular weight is 342 g/mol. The van der Waals surface area contributed by atoms with Crippen LogP contribution in [-0.2, 0) is 0 Å². The highest BCUT2D eigenvalue weighted by Gasteiger charge is 2.29. The molecule has 0 radical (unpaired) electrons. The Balaban J connectivity index is 2.14. The van der Waals surface area contributed by atoms with E-state index in [1.807, 2.05) is 19.1 Å². The Labute approximate surface area is 112 Å². The number of hydrogen-bond acceptors (Lipinski definition) is 3. The lowest BCUT2D eigenvalue weighted by molar-refractivity contribution is 0.543. The Hall–Kier alpha value is -1.11. The van der Waals surface area contributed by atoms with Gasteiger partial charge in [0.05, 0.1) is 5.69 Å². The molecule has 17 heavy (non-hydrogen) atoms. The minimum Gasteiger partial charge on any atom is -0.458 e. The molecule has 2 heterocycles. The predicted octanol–water partition coefficient (Wildman–Crippen LogP) is 2.82. The number of aromatic nitrogens is 2. The minimum absolute atomic E-state index is 0.0773. The van der Waals surface area contributed by atoms with Gasteiger partial charge in [-0.3, -0.25) is 4.79 Å². The van der Waals surface area contributed by atoms with Crippen LogP contribution in [0.15, 0.2) is 21.3 Å². The van der Waals surface area contributed by atoms with Crippen LogP contribution in [-0.4, -0.2) is 9.97 Å². The Kier molecular flexibility index (Phi) is 2.57. The first-order chi connectivity index (χ1) is 8.15. The normalized spacial score (nSPS) is 15.2. The van der Waals surface area contributed by atoms with Gasteiger partial charge in [0, 0.05) is 5.92 Å². The maximum Gasteiger partial charge on any atom is 0.264 e. The van der Waals surface area contributed by atoms with Crippen molar-refractivity contribution in [3.05, 3.63) is 37.5 Å². The number of H-pyrrole nitrogens is 1. The maximum atomic E-state index is 11.8. The molecule has 1 saturated carbocycles. The molecule has 1 aliphatic carbocycles. The molecule has 0 unspecified atom stereocenters. The Morgan fingerprint density at radius 2 is 2.24 bits per heavy atom. The summed E-state index contributed by atoms with van der Waals surface area (Å²) >= 11 is 2.06. The topological polar surface area (TPSA) is 58.9 Å². The maximum absolute atomic E-state index is 11.8. The van der Waals surface area contributed by atoms with Gasteiger partial charge < -0.3 is 9.40 Å². The van der Waals surface area contributed by atoms with Crippen LogP contribution in [0.3, 0.4) is 0 Å². The second kappa shape index (κ2) is 3.97. The van der Waals surface area contributed by atoms with E-state index in [0.29, 0.717) is 21.1 Å². The Bertz CT molecular complexity index is 626. The number of halogens is 1. The first-order valence-electron chi connectivity index (χ1n) is 5.51. The molecule has 1 N–H and O–H groups in total. The molecule has 3 rings (SSSR count). The van der Waals surface area contributed by atoms with E-state index in [0.717, 1.165) is 24.3 Å². The summed E-state index contributed by atoms with van der Waals surface area (Å²) in [7, 11) is 0. The van der Waals surface area contributed by atoms with Crippen LogP contribution < -0.4 is 5.56 Å². The van der Waals surface area contributed by atoms with Gasteiger partial charge in [-0.25, -0.2) is 4.98 Å². The molecule has 0 amide bonds. The third-order valence-corrected chi connectivity index (χ3v) is 3.87. The number of rotatable bonds is 2. The largest absolute Gasteiger partial charge is 0.458 e. The lowest BCUT2D eigenvalue weighted by Gasteiger charge is -2.03. The van der Waals surface area contributed by atoms with Gasteiger partial charge in [-0.15, -0.1) is 0 Å². The highest BCUT2D eigenvalue weighted by atomic mass is 127. The molecule has 4 nitrogen and oxygen atoms in total. The smallest absolute Gasteiger partial charge is 0.264 e. The fourth-order valence-corrected chi connectivity index (χ4v) is 2.48. The molecule has 1 fully saturated rings. The molecule has 0 saturated heterocycles. The van der Waals surface area contributed by atoms with Gasteiger partial charge in [-0.1, -0.05) is 0 Å². The lowest BCUT2D eigenvalue weighted by atomic mass is 10.2. The number of furan rings is 1. The van der Waals surface area contributed by atoms with E-state index in [1.54, 1.807) is 0 Å². The summed E-state index contributed by atoms with van der Waals surface area (Å²) < 4.78 is 6.19. The van der Waals surface area contributed by atoms with Gasteiger partial charge in [0.1, 0.15) is 9.33 Å². The molecular formula is C12H11IN2O2. The molecule has 0 aromatic carbocycles. The molecular weight excluding hydrogens is 331 g/mol. The molecule has 0 atom stereocenters. The Morgan fingerprint density at radius 3 is 2.82 bits per heavy atom. The fraction of sp³-hybridized carbons (Fsp3) is 0.333. The zero-order valence-corrected chi connectivity index (χ0v) is 11.4. The zero-order chi connectivity index (χ0) is 12.0. The van der Waals surface area contributed by atoms with Crippen molar-refractivity contribution >= 4 is 22.6 Å². The number of aromatic amines is 1.